The predicted octanol–water partition coefficient (Wildman–Crippen LogP) is 2.91. The monoisotopic (exact) mass is 324 g/mol. The average molecular weight is 324 g/mol. The van der Waals surface area contributed by atoms with E-state index in [1.54, 1.807) is 18.3 Å². The van der Waals surface area contributed by atoms with Gasteiger partial charge in [-0.25, -0.2) is 0 Å². The molecule has 1 amide bonds. The van der Waals surface area contributed by atoms with Gasteiger partial charge in [0.2, 0.25) is 0 Å². The van der Waals surface area contributed by atoms with Gasteiger partial charge >= 0.3 is 0 Å². The van der Waals surface area contributed by atoms with E-state index in [4.69, 9.17) is 0 Å². The number of rotatable bonds is 4. The van der Waals surface area contributed by atoms with Crippen LogP contribution in [0.25, 0.3) is 0 Å². The molecule has 24 heavy (non-hydrogen) atoms. The maximum atomic E-state index is 12.8. The van der Waals surface area contributed by atoms with Crippen LogP contribution in [0.15, 0.2) is 42.6 Å². The van der Waals surface area contributed by atoms with Gasteiger partial charge in [0.1, 0.15) is 0 Å². The van der Waals surface area contributed by atoms with E-state index in [-0.39, 0.29) is 11.9 Å². The lowest BCUT2D eigenvalue weighted by molar-refractivity contribution is 0.0604. The smallest absolute Gasteiger partial charge is 0.274 e. The molecule has 5 nitrogen and oxygen atoms in total. The Bertz CT molecular complexity index is 670. The number of carbonyl (C=O) groups excluding carboxylic acids is 1. The van der Waals surface area contributed by atoms with Crippen LogP contribution in [-0.2, 0) is 6.54 Å². The summed E-state index contributed by atoms with van der Waals surface area (Å²) in [4.78, 5) is 16.9. The zero-order chi connectivity index (χ0) is 16.9. The Morgan fingerprint density at radius 2 is 2.00 bits per heavy atom. The van der Waals surface area contributed by atoms with Gasteiger partial charge in [-0.3, -0.25) is 4.79 Å². The third-order valence-electron chi connectivity index (χ3n) is 4.42. The van der Waals surface area contributed by atoms with Crippen LogP contribution >= 0.6 is 0 Å². The number of piperidine rings is 1. The van der Waals surface area contributed by atoms with E-state index in [1.165, 1.54) is 11.1 Å². The fraction of sp³-hybridized carbons (Fsp3) is 0.421. The van der Waals surface area contributed by atoms with Gasteiger partial charge in [-0.05, 0) is 56.6 Å². The van der Waals surface area contributed by atoms with E-state index >= 15 is 0 Å². The third-order valence-corrected chi connectivity index (χ3v) is 4.42. The molecule has 2 heterocycles. The molecule has 1 fully saturated rings. The van der Waals surface area contributed by atoms with Crippen LogP contribution in [0.5, 0.6) is 0 Å². The quantitative estimate of drug-likeness (QED) is 0.868. The molecule has 1 aromatic heterocycles. The van der Waals surface area contributed by atoms with Crippen molar-refractivity contribution < 1.29 is 4.79 Å². The maximum Gasteiger partial charge on any atom is 0.274 e. The molecule has 1 aliphatic rings. The van der Waals surface area contributed by atoms with E-state index in [0.29, 0.717) is 5.69 Å². The zero-order valence-corrected chi connectivity index (χ0v) is 14.4. The average Bonchev–Trinajstić information content (AvgIpc) is 2.62. The Morgan fingerprint density at radius 1 is 1.21 bits per heavy atom. The van der Waals surface area contributed by atoms with E-state index < -0.39 is 0 Å². The number of amides is 1. The highest BCUT2D eigenvalue weighted by Gasteiger charge is 2.29. The summed E-state index contributed by atoms with van der Waals surface area (Å²) in [5, 5.41) is 7.82. The molecule has 0 radical (unpaired) electrons. The van der Waals surface area contributed by atoms with Crippen LogP contribution in [0.3, 0.4) is 0 Å². The number of hydrogen-bond acceptors (Lipinski definition) is 4. The Labute approximate surface area is 143 Å². The summed E-state index contributed by atoms with van der Waals surface area (Å²) >= 11 is 0. The van der Waals surface area contributed by atoms with Crippen molar-refractivity contribution in [1.29, 1.82) is 0 Å². The number of hydrogen-bond donors (Lipinski definition) is 0. The molecular weight excluding hydrogens is 300 g/mol. The number of nitrogens with zero attached hydrogens (tertiary/aromatic N) is 4. The van der Waals surface area contributed by atoms with Gasteiger partial charge < -0.3 is 9.80 Å². The molecule has 0 unspecified atom stereocenters. The van der Waals surface area contributed by atoms with E-state index in [9.17, 15) is 4.79 Å². The molecule has 0 saturated carbocycles. The molecule has 1 saturated heterocycles. The summed E-state index contributed by atoms with van der Waals surface area (Å²) < 4.78 is 0. The van der Waals surface area contributed by atoms with Gasteiger partial charge in [0.05, 0.1) is 6.04 Å². The molecule has 0 bridgehead atoms. The summed E-state index contributed by atoms with van der Waals surface area (Å²) in [6.07, 6.45) is 4.78. The number of carbonyl (C=O) groups is 1. The first-order valence-corrected chi connectivity index (χ1v) is 8.47. The van der Waals surface area contributed by atoms with Crippen molar-refractivity contribution in [2.24, 2.45) is 0 Å². The van der Waals surface area contributed by atoms with Gasteiger partial charge in [0.25, 0.3) is 5.91 Å². The Hall–Kier alpha value is -2.27. The van der Waals surface area contributed by atoms with Crippen molar-refractivity contribution in [2.75, 3.05) is 20.6 Å². The van der Waals surface area contributed by atoms with Crippen LogP contribution in [0, 0.1) is 0 Å². The van der Waals surface area contributed by atoms with Crippen LogP contribution in [0.4, 0.5) is 0 Å². The van der Waals surface area contributed by atoms with Crippen LogP contribution < -0.4 is 0 Å². The van der Waals surface area contributed by atoms with Crippen molar-refractivity contribution in [1.82, 2.24) is 20.0 Å². The zero-order valence-electron chi connectivity index (χ0n) is 14.4. The van der Waals surface area contributed by atoms with Gasteiger partial charge in [-0.1, -0.05) is 24.3 Å². The topological polar surface area (TPSA) is 49.3 Å². The molecular formula is C19H24N4O. The molecule has 1 aromatic carbocycles. The molecule has 0 aliphatic carbocycles. The van der Waals surface area contributed by atoms with Gasteiger partial charge in [0, 0.05) is 19.3 Å². The van der Waals surface area contributed by atoms with Crippen LogP contribution in [0.1, 0.15) is 46.9 Å². The molecule has 5 heteroatoms. The minimum Gasteiger partial charge on any atom is -0.330 e. The molecule has 1 atom stereocenters. The van der Waals surface area contributed by atoms with Gasteiger partial charge in [0.15, 0.2) is 5.69 Å². The first-order valence-electron chi connectivity index (χ1n) is 8.47. The Balaban J connectivity index is 1.80. The SMILES string of the molecule is CN(C)Cc1ccc([C@@H]2CCCCN2C(=O)c2cccnn2)cc1. The highest BCUT2D eigenvalue weighted by atomic mass is 16.2. The molecule has 126 valence electrons. The minimum absolute atomic E-state index is 0.0230. The predicted molar refractivity (Wildman–Crippen MR) is 93.5 cm³/mol. The number of benzene rings is 1. The van der Waals surface area contributed by atoms with Crippen molar-refractivity contribution in [3.05, 3.63) is 59.4 Å². The third kappa shape index (κ3) is 3.79. The highest BCUT2D eigenvalue weighted by Crippen LogP contribution is 2.32. The summed E-state index contributed by atoms with van der Waals surface area (Å²) in [6.45, 7) is 1.70. The van der Waals surface area contributed by atoms with Crippen LogP contribution in [0.2, 0.25) is 0 Å². The fourth-order valence-electron chi connectivity index (χ4n) is 3.29. The Kier molecular flexibility index (Phi) is 5.20. The van der Waals surface area contributed by atoms with Crippen molar-refractivity contribution in [3.63, 3.8) is 0 Å². The van der Waals surface area contributed by atoms with Crippen molar-refractivity contribution in [3.8, 4) is 0 Å². The van der Waals surface area contributed by atoms with Crippen molar-refractivity contribution >= 4 is 5.91 Å². The van der Waals surface area contributed by atoms with Gasteiger partial charge in [-0.2, -0.15) is 5.10 Å². The lowest BCUT2D eigenvalue weighted by Gasteiger charge is -2.36. The van der Waals surface area contributed by atoms with E-state index in [1.807, 2.05) is 4.90 Å². The van der Waals surface area contributed by atoms with Gasteiger partial charge in [-0.15, -0.1) is 5.10 Å². The molecule has 3 rings (SSSR count). The summed E-state index contributed by atoms with van der Waals surface area (Å²) in [7, 11) is 4.13. The van der Waals surface area contributed by atoms with E-state index in [0.717, 1.165) is 32.4 Å². The van der Waals surface area contributed by atoms with E-state index in [2.05, 4.69) is 53.5 Å². The summed E-state index contributed by atoms with van der Waals surface area (Å²) in [5.41, 5.74) is 2.91. The highest BCUT2D eigenvalue weighted by molar-refractivity contribution is 5.92. The standard InChI is InChI=1S/C19H24N4O/c1-22(2)14-15-8-10-16(11-9-15)18-7-3-4-13-23(18)19(24)17-6-5-12-20-21-17/h5-6,8-12,18H,3-4,7,13-14H2,1-2H3/t18-/m0/s1. The normalized spacial score (nSPS) is 18.0. The lowest BCUT2D eigenvalue weighted by atomic mass is 9.94. The maximum absolute atomic E-state index is 12.8. The van der Waals surface area contributed by atoms with Crippen LogP contribution in [-0.4, -0.2) is 46.5 Å². The lowest BCUT2D eigenvalue weighted by Crippen LogP contribution is -2.39. The summed E-state index contributed by atoms with van der Waals surface area (Å²) in [6, 6.07) is 12.3. The molecule has 0 N–H and O–H groups in total. The number of likely N-dealkylation sites (tertiary alicyclic amines) is 1. The second-order valence-corrected chi connectivity index (χ2v) is 6.60. The second-order valence-electron chi connectivity index (χ2n) is 6.60. The number of aromatic nitrogens is 2. The fourth-order valence-corrected chi connectivity index (χ4v) is 3.29. The Morgan fingerprint density at radius 3 is 2.67 bits per heavy atom. The molecule has 1 aliphatic heterocycles. The first kappa shape index (κ1) is 16.6. The first-order chi connectivity index (χ1) is 11.6. The molecule has 2 aromatic rings. The molecule has 0 spiro atoms. The second kappa shape index (κ2) is 7.53. The largest absolute Gasteiger partial charge is 0.330 e. The van der Waals surface area contributed by atoms with Crippen molar-refractivity contribution in [2.45, 2.75) is 31.8 Å². The summed E-state index contributed by atoms with van der Waals surface area (Å²) in [5.74, 6) is -0.0230. The minimum atomic E-state index is -0.0230.